The molecular weight excluding hydrogens is 252 g/mol. The molecule has 0 aromatic heterocycles. The molecule has 0 saturated heterocycles. The van der Waals surface area contributed by atoms with Crippen LogP contribution in [-0.2, 0) is 14.3 Å². The molecule has 1 aliphatic rings. The van der Waals surface area contributed by atoms with E-state index in [0.29, 0.717) is 36.4 Å². The van der Waals surface area contributed by atoms with Crippen molar-refractivity contribution in [3.05, 3.63) is 11.5 Å². The Hall–Kier alpha value is -0.990. The second-order valence-corrected chi connectivity index (χ2v) is 6.63. The fraction of sp³-hybridized carbons (Fsp3) is 0.824. The molecule has 116 valence electrons. The summed E-state index contributed by atoms with van der Waals surface area (Å²) in [5.41, 5.74) is -0.679. The van der Waals surface area contributed by atoms with Crippen LogP contribution in [0.25, 0.3) is 0 Å². The summed E-state index contributed by atoms with van der Waals surface area (Å²) in [5.74, 6) is 2.30. The maximum absolute atomic E-state index is 12.6. The highest BCUT2D eigenvalue weighted by Crippen LogP contribution is 2.38. The third-order valence-corrected chi connectivity index (χ3v) is 3.93. The van der Waals surface area contributed by atoms with Gasteiger partial charge in [-0.1, -0.05) is 34.6 Å². The highest BCUT2D eigenvalue weighted by molar-refractivity contribution is 6.02. The second kappa shape index (κ2) is 7.14. The van der Waals surface area contributed by atoms with Crippen LogP contribution in [0, 0.1) is 11.8 Å². The molecule has 1 atom stereocenters. The van der Waals surface area contributed by atoms with Crippen molar-refractivity contribution in [2.24, 2.45) is 11.8 Å². The van der Waals surface area contributed by atoms with Gasteiger partial charge in [-0.25, -0.2) is 0 Å². The first-order valence-corrected chi connectivity index (χ1v) is 7.90. The van der Waals surface area contributed by atoms with Crippen LogP contribution in [-0.4, -0.2) is 18.0 Å². The lowest BCUT2D eigenvalue weighted by Gasteiger charge is -2.27. The monoisotopic (exact) mass is 282 g/mol. The molecule has 0 N–H and O–H groups in total. The number of carbonyl (C=O) groups excluding carboxylic acids is 1. The molecule has 0 fully saturated rings. The lowest BCUT2D eigenvalue weighted by molar-refractivity contribution is -0.134. The van der Waals surface area contributed by atoms with Crippen LogP contribution in [0.15, 0.2) is 11.5 Å². The van der Waals surface area contributed by atoms with Crippen LogP contribution in [0.3, 0.4) is 0 Å². The smallest absolute Gasteiger partial charge is 0.244 e. The highest BCUT2D eigenvalue weighted by Gasteiger charge is 2.47. The summed E-state index contributed by atoms with van der Waals surface area (Å²) in [5, 5.41) is 0. The number of Topliss-reactive ketones (excluding diaryl/α,β-unsaturated/α-hetero) is 1. The quantitative estimate of drug-likeness (QED) is 0.659. The van der Waals surface area contributed by atoms with E-state index < -0.39 is 5.60 Å². The van der Waals surface area contributed by atoms with Gasteiger partial charge >= 0.3 is 0 Å². The first kappa shape index (κ1) is 17.1. The third kappa shape index (κ3) is 4.00. The molecule has 3 nitrogen and oxygen atoms in total. The van der Waals surface area contributed by atoms with E-state index >= 15 is 0 Å². The van der Waals surface area contributed by atoms with Gasteiger partial charge in [0.05, 0.1) is 6.61 Å². The minimum atomic E-state index is -0.679. The van der Waals surface area contributed by atoms with Gasteiger partial charge in [0.1, 0.15) is 5.76 Å². The van der Waals surface area contributed by atoms with E-state index in [1.54, 1.807) is 0 Å². The van der Waals surface area contributed by atoms with Crippen LogP contribution < -0.4 is 0 Å². The summed E-state index contributed by atoms with van der Waals surface area (Å²) in [6, 6.07) is 0. The van der Waals surface area contributed by atoms with Gasteiger partial charge in [0, 0.05) is 0 Å². The Balaban J connectivity index is 2.69. The summed E-state index contributed by atoms with van der Waals surface area (Å²) >= 11 is 0. The predicted molar refractivity (Wildman–Crippen MR) is 81.3 cm³/mol. The minimum Gasteiger partial charge on any atom is -0.487 e. The van der Waals surface area contributed by atoms with Gasteiger partial charge in [0.25, 0.3) is 0 Å². The van der Waals surface area contributed by atoms with E-state index in [2.05, 4.69) is 27.7 Å². The summed E-state index contributed by atoms with van der Waals surface area (Å²) in [7, 11) is 0. The van der Waals surface area contributed by atoms with Gasteiger partial charge in [-0.3, -0.25) is 4.79 Å². The first-order chi connectivity index (χ1) is 9.32. The Bertz CT molecular complexity index is 368. The molecule has 0 radical (unpaired) electrons. The fourth-order valence-corrected chi connectivity index (χ4v) is 2.41. The molecule has 0 aromatic carbocycles. The normalized spacial score (nSPS) is 22.9. The SMILES string of the molecule is CCC1(CCC(C)C)OC(C)=C(OCCC(C)C)C1=O. The van der Waals surface area contributed by atoms with Crippen molar-refractivity contribution >= 4 is 5.78 Å². The molecule has 0 aliphatic carbocycles. The zero-order chi connectivity index (χ0) is 15.3. The maximum Gasteiger partial charge on any atom is 0.244 e. The van der Waals surface area contributed by atoms with Gasteiger partial charge in [0.2, 0.25) is 11.5 Å². The molecule has 0 saturated carbocycles. The van der Waals surface area contributed by atoms with Crippen molar-refractivity contribution in [3.63, 3.8) is 0 Å². The number of carbonyl (C=O) groups is 1. The van der Waals surface area contributed by atoms with Crippen LogP contribution in [0.1, 0.15) is 67.2 Å². The number of ether oxygens (including phenoxy) is 2. The zero-order valence-corrected chi connectivity index (χ0v) is 13.9. The predicted octanol–water partition coefficient (Wildman–Crippen LogP) is 4.46. The first-order valence-electron chi connectivity index (χ1n) is 7.90. The van der Waals surface area contributed by atoms with Crippen LogP contribution in [0.4, 0.5) is 0 Å². The van der Waals surface area contributed by atoms with Gasteiger partial charge < -0.3 is 9.47 Å². The molecule has 0 bridgehead atoms. The third-order valence-electron chi connectivity index (χ3n) is 3.93. The van der Waals surface area contributed by atoms with Crippen molar-refractivity contribution in [1.29, 1.82) is 0 Å². The lowest BCUT2D eigenvalue weighted by atomic mass is 9.87. The topological polar surface area (TPSA) is 35.5 Å². The van der Waals surface area contributed by atoms with Crippen LogP contribution >= 0.6 is 0 Å². The Morgan fingerprint density at radius 3 is 2.25 bits per heavy atom. The summed E-state index contributed by atoms with van der Waals surface area (Å²) < 4.78 is 11.6. The summed E-state index contributed by atoms with van der Waals surface area (Å²) in [6.45, 7) is 13.1. The minimum absolute atomic E-state index is 0.0434. The molecule has 1 aliphatic heterocycles. The molecule has 0 aromatic rings. The Kier molecular flexibility index (Phi) is 6.09. The summed E-state index contributed by atoms with van der Waals surface area (Å²) in [4.78, 5) is 12.6. The van der Waals surface area contributed by atoms with Gasteiger partial charge in [-0.05, 0) is 44.4 Å². The number of allylic oxidation sites excluding steroid dienone is 1. The molecule has 0 spiro atoms. The molecule has 1 rings (SSSR count). The van der Waals surface area contributed by atoms with Crippen molar-refractivity contribution < 1.29 is 14.3 Å². The fourth-order valence-electron chi connectivity index (χ4n) is 2.41. The number of hydrogen-bond donors (Lipinski definition) is 0. The molecule has 3 heteroatoms. The number of rotatable bonds is 8. The Morgan fingerprint density at radius 1 is 1.15 bits per heavy atom. The van der Waals surface area contributed by atoms with E-state index in [4.69, 9.17) is 9.47 Å². The van der Waals surface area contributed by atoms with Gasteiger partial charge in [0.15, 0.2) is 5.60 Å². The average molecular weight is 282 g/mol. The highest BCUT2D eigenvalue weighted by atomic mass is 16.6. The van der Waals surface area contributed by atoms with Crippen molar-refractivity contribution in [2.45, 2.75) is 72.8 Å². The molecule has 0 amide bonds. The molecule has 20 heavy (non-hydrogen) atoms. The second-order valence-electron chi connectivity index (χ2n) is 6.63. The number of ketones is 1. The van der Waals surface area contributed by atoms with Crippen molar-refractivity contribution in [2.75, 3.05) is 6.61 Å². The number of hydrogen-bond acceptors (Lipinski definition) is 3. The lowest BCUT2D eigenvalue weighted by Crippen LogP contribution is -2.37. The van der Waals surface area contributed by atoms with Crippen LogP contribution in [0.5, 0.6) is 0 Å². The van der Waals surface area contributed by atoms with E-state index in [1.807, 2.05) is 13.8 Å². The molecule has 1 unspecified atom stereocenters. The van der Waals surface area contributed by atoms with Crippen molar-refractivity contribution in [3.8, 4) is 0 Å². The standard InChI is InChI=1S/C17H30O3/c1-7-17(10-8-12(2)3)16(18)15(14(6)20-17)19-11-9-13(4)5/h12-13H,7-11H2,1-6H3. The molecule has 1 heterocycles. The maximum atomic E-state index is 12.6. The van der Waals surface area contributed by atoms with Gasteiger partial charge in [-0.2, -0.15) is 0 Å². The van der Waals surface area contributed by atoms with Gasteiger partial charge in [-0.15, -0.1) is 0 Å². The Morgan fingerprint density at radius 2 is 1.75 bits per heavy atom. The molecular formula is C17H30O3. The van der Waals surface area contributed by atoms with E-state index in [-0.39, 0.29) is 5.78 Å². The summed E-state index contributed by atoms with van der Waals surface area (Å²) in [6.07, 6.45) is 3.42. The Labute approximate surface area is 123 Å². The van der Waals surface area contributed by atoms with Crippen molar-refractivity contribution in [1.82, 2.24) is 0 Å². The zero-order valence-electron chi connectivity index (χ0n) is 13.9. The largest absolute Gasteiger partial charge is 0.487 e. The van der Waals surface area contributed by atoms with Crippen LogP contribution in [0.2, 0.25) is 0 Å². The van der Waals surface area contributed by atoms with E-state index in [0.717, 1.165) is 19.3 Å². The average Bonchev–Trinajstić information content (AvgIpc) is 2.60. The van der Waals surface area contributed by atoms with E-state index in [1.165, 1.54) is 0 Å². The van der Waals surface area contributed by atoms with E-state index in [9.17, 15) is 4.79 Å².